The maximum atomic E-state index is 12.1. The number of carbonyl (C=O) groups excluding carboxylic acids is 1. The van der Waals surface area contributed by atoms with Crippen LogP contribution < -0.4 is 5.32 Å². The summed E-state index contributed by atoms with van der Waals surface area (Å²) >= 11 is 7.70. The number of rotatable bonds is 6. The molecule has 1 unspecified atom stereocenters. The second-order valence-electron chi connectivity index (χ2n) is 5.73. The Bertz CT molecular complexity index is 687. The number of aryl methyl sites for hydroxylation is 2. The zero-order chi connectivity index (χ0) is 16.8. The molecule has 0 aliphatic rings. The third-order valence-corrected chi connectivity index (χ3v) is 5.07. The molecule has 0 heterocycles. The summed E-state index contributed by atoms with van der Waals surface area (Å²) in [5.41, 5.74) is 4.68. The number of halogens is 1. The highest BCUT2D eigenvalue weighted by Crippen LogP contribution is 2.21. The first-order valence-corrected chi connectivity index (χ1v) is 9.18. The Kier molecular flexibility index (Phi) is 6.55. The maximum absolute atomic E-state index is 12.1. The molecule has 0 radical (unpaired) electrons. The first kappa shape index (κ1) is 17.9. The van der Waals surface area contributed by atoms with Crippen LogP contribution >= 0.6 is 23.4 Å². The molecule has 0 aliphatic carbocycles. The monoisotopic (exact) mass is 347 g/mol. The molecule has 2 rings (SSSR count). The molecular formula is C19H22ClNOS. The first-order valence-electron chi connectivity index (χ1n) is 7.65. The molecule has 1 atom stereocenters. The fourth-order valence-electron chi connectivity index (χ4n) is 2.54. The van der Waals surface area contributed by atoms with Crippen molar-refractivity contribution >= 4 is 29.3 Å². The predicted octanol–water partition coefficient (Wildman–Crippen LogP) is 5.07. The number of carbonyl (C=O) groups is 1. The van der Waals surface area contributed by atoms with Gasteiger partial charge in [-0.05, 0) is 43.5 Å². The summed E-state index contributed by atoms with van der Waals surface area (Å²) in [6, 6.07) is 14.1. The molecule has 2 nitrogen and oxygen atoms in total. The highest BCUT2D eigenvalue weighted by atomic mass is 35.5. The molecule has 122 valence electrons. The third kappa shape index (κ3) is 5.29. The normalized spacial score (nSPS) is 12.0. The van der Waals surface area contributed by atoms with Crippen molar-refractivity contribution in [3.05, 3.63) is 69.7 Å². The van der Waals surface area contributed by atoms with E-state index < -0.39 is 0 Å². The van der Waals surface area contributed by atoms with E-state index in [2.05, 4.69) is 37.4 Å². The van der Waals surface area contributed by atoms with E-state index in [1.165, 1.54) is 16.7 Å². The van der Waals surface area contributed by atoms with Crippen LogP contribution in [0.15, 0.2) is 42.5 Å². The average molecular weight is 348 g/mol. The molecule has 0 spiro atoms. The van der Waals surface area contributed by atoms with Crippen molar-refractivity contribution in [3.8, 4) is 0 Å². The Morgan fingerprint density at radius 3 is 2.65 bits per heavy atom. The van der Waals surface area contributed by atoms with Crippen LogP contribution in [0.1, 0.15) is 35.2 Å². The summed E-state index contributed by atoms with van der Waals surface area (Å²) in [4.78, 5) is 12.1. The van der Waals surface area contributed by atoms with Crippen molar-refractivity contribution < 1.29 is 4.79 Å². The third-order valence-electron chi connectivity index (χ3n) is 3.72. The number of thioether (sulfide) groups is 1. The number of hydrogen-bond donors (Lipinski definition) is 1. The van der Waals surface area contributed by atoms with Crippen LogP contribution in [-0.2, 0) is 10.5 Å². The van der Waals surface area contributed by atoms with Crippen molar-refractivity contribution in [1.82, 2.24) is 5.32 Å². The quantitative estimate of drug-likeness (QED) is 0.790. The van der Waals surface area contributed by atoms with Gasteiger partial charge in [0, 0.05) is 10.8 Å². The summed E-state index contributed by atoms with van der Waals surface area (Å²) in [6.07, 6.45) is 0. The van der Waals surface area contributed by atoms with Gasteiger partial charge in [0.2, 0.25) is 5.91 Å². The Labute approximate surface area is 147 Å². The molecule has 0 saturated heterocycles. The summed E-state index contributed by atoms with van der Waals surface area (Å²) in [5.74, 6) is 1.22. The van der Waals surface area contributed by atoms with Gasteiger partial charge in [0.15, 0.2) is 0 Å². The summed E-state index contributed by atoms with van der Waals surface area (Å²) < 4.78 is 0. The fourth-order valence-corrected chi connectivity index (χ4v) is 3.67. The van der Waals surface area contributed by atoms with Gasteiger partial charge in [0.25, 0.3) is 0 Å². The van der Waals surface area contributed by atoms with Gasteiger partial charge in [0.1, 0.15) is 0 Å². The molecule has 23 heavy (non-hydrogen) atoms. The van der Waals surface area contributed by atoms with Crippen LogP contribution in [0.5, 0.6) is 0 Å². The second-order valence-corrected chi connectivity index (χ2v) is 7.13. The van der Waals surface area contributed by atoms with Crippen LogP contribution in [0.2, 0.25) is 5.02 Å². The van der Waals surface area contributed by atoms with Gasteiger partial charge in [0.05, 0.1) is 11.8 Å². The molecule has 4 heteroatoms. The molecule has 1 amide bonds. The molecule has 0 saturated carbocycles. The Balaban J connectivity index is 1.83. The van der Waals surface area contributed by atoms with Gasteiger partial charge in [-0.15, -0.1) is 11.8 Å². The van der Waals surface area contributed by atoms with E-state index in [4.69, 9.17) is 11.6 Å². The SMILES string of the molecule is Cc1ccc(C(C)NC(=O)CSCc2ccccc2Cl)c(C)c1. The smallest absolute Gasteiger partial charge is 0.230 e. The van der Waals surface area contributed by atoms with E-state index in [9.17, 15) is 4.79 Å². The number of benzene rings is 2. The van der Waals surface area contributed by atoms with Gasteiger partial charge in [-0.25, -0.2) is 0 Å². The number of nitrogens with one attached hydrogen (secondary N) is 1. The highest BCUT2D eigenvalue weighted by Gasteiger charge is 2.12. The van der Waals surface area contributed by atoms with Gasteiger partial charge < -0.3 is 5.32 Å². The van der Waals surface area contributed by atoms with Gasteiger partial charge in [-0.3, -0.25) is 4.79 Å². The number of amides is 1. The Hall–Kier alpha value is -1.45. The summed E-state index contributed by atoms with van der Waals surface area (Å²) in [6.45, 7) is 6.18. The first-order chi connectivity index (χ1) is 11.0. The minimum Gasteiger partial charge on any atom is -0.349 e. The lowest BCUT2D eigenvalue weighted by Crippen LogP contribution is -2.28. The minimum atomic E-state index is 0.0176. The van der Waals surface area contributed by atoms with Crippen molar-refractivity contribution in [2.24, 2.45) is 0 Å². The molecule has 0 bridgehead atoms. The molecule has 0 aromatic heterocycles. The van der Waals surface area contributed by atoms with Crippen LogP contribution in [-0.4, -0.2) is 11.7 Å². The predicted molar refractivity (Wildman–Crippen MR) is 100 cm³/mol. The zero-order valence-electron chi connectivity index (χ0n) is 13.7. The lowest BCUT2D eigenvalue weighted by Gasteiger charge is -2.17. The highest BCUT2D eigenvalue weighted by molar-refractivity contribution is 7.99. The van der Waals surface area contributed by atoms with E-state index in [-0.39, 0.29) is 11.9 Å². The van der Waals surface area contributed by atoms with E-state index in [1.54, 1.807) is 11.8 Å². The molecule has 2 aromatic rings. The molecule has 1 N–H and O–H groups in total. The van der Waals surface area contributed by atoms with Crippen LogP contribution in [0, 0.1) is 13.8 Å². The average Bonchev–Trinajstić information content (AvgIpc) is 2.49. The second kappa shape index (κ2) is 8.42. The maximum Gasteiger partial charge on any atom is 0.230 e. The lowest BCUT2D eigenvalue weighted by atomic mass is 10.0. The summed E-state index contributed by atoms with van der Waals surface area (Å²) in [5, 5.41) is 3.82. The van der Waals surface area contributed by atoms with Gasteiger partial charge in [-0.1, -0.05) is 53.6 Å². The van der Waals surface area contributed by atoms with E-state index >= 15 is 0 Å². The van der Waals surface area contributed by atoms with Crippen LogP contribution in [0.4, 0.5) is 0 Å². The van der Waals surface area contributed by atoms with Crippen molar-refractivity contribution in [2.45, 2.75) is 32.6 Å². The largest absolute Gasteiger partial charge is 0.349 e. The van der Waals surface area contributed by atoms with E-state index in [0.29, 0.717) is 5.75 Å². The fraction of sp³-hybridized carbons (Fsp3) is 0.316. The van der Waals surface area contributed by atoms with Crippen molar-refractivity contribution in [3.63, 3.8) is 0 Å². The molecular weight excluding hydrogens is 326 g/mol. The van der Waals surface area contributed by atoms with Crippen LogP contribution in [0.3, 0.4) is 0 Å². The summed E-state index contributed by atoms with van der Waals surface area (Å²) in [7, 11) is 0. The molecule has 0 fully saturated rings. The van der Waals surface area contributed by atoms with Crippen LogP contribution in [0.25, 0.3) is 0 Å². The Morgan fingerprint density at radius 2 is 1.96 bits per heavy atom. The van der Waals surface area contributed by atoms with Gasteiger partial charge in [-0.2, -0.15) is 0 Å². The minimum absolute atomic E-state index is 0.0176. The molecule has 0 aliphatic heterocycles. The molecule has 2 aromatic carbocycles. The van der Waals surface area contributed by atoms with Crippen molar-refractivity contribution in [2.75, 3.05) is 5.75 Å². The lowest BCUT2D eigenvalue weighted by molar-refractivity contribution is -0.119. The standard InChI is InChI=1S/C19H22ClNOS/c1-13-8-9-17(14(2)10-13)15(3)21-19(22)12-23-11-16-6-4-5-7-18(16)20/h4-10,15H,11-12H2,1-3H3,(H,21,22). The van der Waals surface area contributed by atoms with Crippen molar-refractivity contribution in [1.29, 1.82) is 0 Å². The zero-order valence-corrected chi connectivity index (χ0v) is 15.3. The topological polar surface area (TPSA) is 29.1 Å². The van der Waals surface area contributed by atoms with Gasteiger partial charge >= 0.3 is 0 Å². The van der Waals surface area contributed by atoms with E-state index in [1.807, 2.05) is 31.2 Å². The number of hydrogen-bond acceptors (Lipinski definition) is 2. The van der Waals surface area contributed by atoms with E-state index in [0.717, 1.165) is 16.3 Å². The Morgan fingerprint density at radius 1 is 1.22 bits per heavy atom.